The molecule has 0 bridgehead atoms. The average molecular weight is 198 g/mol. The number of nitrogens with two attached hydrogens (primary N) is 2. The van der Waals surface area contributed by atoms with E-state index in [1.165, 1.54) is 32.1 Å². The second-order valence-corrected chi connectivity index (χ2v) is 5.63. The Balaban J connectivity index is 2.36. The van der Waals surface area contributed by atoms with Gasteiger partial charge in [-0.15, -0.1) is 0 Å². The van der Waals surface area contributed by atoms with E-state index in [2.05, 4.69) is 13.8 Å². The highest BCUT2D eigenvalue weighted by Gasteiger charge is 2.26. The van der Waals surface area contributed by atoms with Crippen molar-refractivity contribution in [3.63, 3.8) is 0 Å². The molecule has 0 aliphatic heterocycles. The molecule has 0 spiro atoms. The van der Waals surface area contributed by atoms with Crippen LogP contribution < -0.4 is 11.5 Å². The van der Waals surface area contributed by atoms with Crippen molar-refractivity contribution in [3.05, 3.63) is 0 Å². The monoisotopic (exact) mass is 198 g/mol. The van der Waals surface area contributed by atoms with Crippen LogP contribution in [0.15, 0.2) is 0 Å². The topological polar surface area (TPSA) is 52.0 Å². The largest absolute Gasteiger partial charge is 0.330 e. The molecule has 1 rings (SSSR count). The van der Waals surface area contributed by atoms with Crippen LogP contribution in [0, 0.1) is 11.3 Å². The van der Waals surface area contributed by atoms with Crippen molar-refractivity contribution in [1.29, 1.82) is 0 Å². The van der Waals surface area contributed by atoms with Crippen LogP contribution in [-0.4, -0.2) is 12.6 Å². The molecule has 1 atom stereocenters. The lowest BCUT2D eigenvalue weighted by Gasteiger charge is -2.33. The van der Waals surface area contributed by atoms with E-state index in [1.54, 1.807) is 0 Å². The maximum absolute atomic E-state index is 6.25. The van der Waals surface area contributed by atoms with Crippen molar-refractivity contribution in [3.8, 4) is 0 Å². The third-order valence-electron chi connectivity index (χ3n) is 3.60. The molecule has 0 aromatic heterocycles. The Labute approximate surface area is 88.4 Å². The molecular weight excluding hydrogens is 172 g/mol. The summed E-state index contributed by atoms with van der Waals surface area (Å²) in [6, 6.07) is 0.369. The fourth-order valence-corrected chi connectivity index (χ4v) is 2.45. The summed E-state index contributed by atoms with van der Waals surface area (Å²) >= 11 is 0. The Morgan fingerprint density at radius 2 is 1.79 bits per heavy atom. The lowest BCUT2D eigenvalue weighted by molar-refractivity contribution is 0.229. The van der Waals surface area contributed by atoms with Gasteiger partial charge in [0.05, 0.1) is 0 Å². The van der Waals surface area contributed by atoms with Gasteiger partial charge >= 0.3 is 0 Å². The summed E-state index contributed by atoms with van der Waals surface area (Å²) in [4.78, 5) is 0. The van der Waals surface area contributed by atoms with Crippen LogP contribution in [0.25, 0.3) is 0 Å². The minimum Gasteiger partial charge on any atom is -0.330 e. The van der Waals surface area contributed by atoms with Crippen LogP contribution in [0.4, 0.5) is 0 Å². The molecule has 2 heteroatoms. The summed E-state index contributed by atoms with van der Waals surface area (Å²) in [6.07, 6.45) is 7.91. The Hall–Kier alpha value is -0.0800. The molecule has 2 nitrogen and oxygen atoms in total. The fraction of sp³-hybridized carbons (Fsp3) is 1.00. The lowest BCUT2D eigenvalue weighted by atomic mass is 9.77. The van der Waals surface area contributed by atoms with Gasteiger partial charge in [-0.3, -0.25) is 0 Å². The first-order chi connectivity index (χ1) is 6.55. The number of rotatable bonds is 4. The van der Waals surface area contributed by atoms with Gasteiger partial charge in [-0.2, -0.15) is 0 Å². The van der Waals surface area contributed by atoms with Gasteiger partial charge in [-0.05, 0) is 37.1 Å². The highest BCUT2D eigenvalue weighted by Crippen LogP contribution is 2.31. The summed E-state index contributed by atoms with van der Waals surface area (Å²) in [5.74, 6) is 0.759. The standard InChI is InChI=1S/C12H26N2/c1-12(2,9-13)8-11(14)10-6-4-3-5-7-10/h10-11H,3-9,13-14H2,1-2H3. The van der Waals surface area contributed by atoms with Crippen molar-refractivity contribution in [2.75, 3.05) is 6.54 Å². The molecule has 1 saturated carbocycles. The SMILES string of the molecule is CC(C)(CN)CC(N)C1CCCCC1. The summed E-state index contributed by atoms with van der Waals surface area (Å²) in [5.41, 5.74) is 12.2. The number of hydrogen-bond donors (Lipinski definition) is 2. The lowest BCUT2D eigenvalue weighted by Crippen LogP contribution is -2.38. The molecule has 0 saturated heterocycles. The quantitative estimate of drug-likeness (QED) is 0.728. The molecule has 0 heterocycles. The van der Waals surface area contributed by atoms with Crippen LogP contribution in [-0.2, 0) is 0 Å². The Kier molecular flexibility index (Phi) is 4.39. The molecule has 0 aromatic carbocycles. The van der Waals surface area contributed by atoms with E-state index in [9.17, 15) is 0 Å². The molecular formula is C12H26N2. The summed E-state index contributed by atoms with van der Waals surface area (Å²) in [7, 11) is 0. The van der Waals surface area contributed by atoms with Crippen LogP contribution in [0.2, 0.25) is 0 Å². The Bertz CT molecular complexity index is 160. The zero-order chi connectivity index (χ0) is 10.6. The molecule has 0 aromatic rings. The second kappa shape index (κ2) is 5.13. The van der Waals surface area contributed by atoms with E-state index < -0.39 is 0 Å². The zero-order valence-electron chi connectivity index (χ0n) is 9.76. The predicted molar refractivity (Wildman–Crippen MR) is 62.0 cm³/mol. The Morgan fingerprint density at radius 1 is 1.21 bits per heavy atom. The predicted octanol–water partition coefficient (Wildman–Crippen LogP) is 2.27. The van der Waals surface area contributed by atoms with Crippen molar-refractivity contribution in [2.45, 2.75) is 58.4 Å². The van der Waals surface area contributed by atoms with Crippen molar-refractivity contribution >= 4 is 0 Å². The van der Waals surface area contributed by atoms with Crippen LogP contribution in [0.1, 0.15) is 52.4 Å². The maximum Gasteiger partial charge on any atom is 0.00727 e. The molecule has 4 N–H and O–H groups in total. The molecule has 1 aliphatic rings. The van der Waals surface area contributed by atoms with E-state index in [4.69, 9.17) is 11.5 Å². The van der Waals surface area contributed by atoms with Crippen molar-refractivity contribution in [2.24, 2.45) is 22.8 Å². The van der Waals surface area contributed by atoms with Crippen molar-refractivity contribution in [1.82, 2.24) is 0 Å². The summed E-state index contributed by atoms with van der Waals surface area (Å²) < 4.78 is 0. The zero-order valence-corrected chi connectivity index (χ0v) is 9.76. The highest BCUT2D eigenvalue weighted by atomic mass is 14.7. The summed E-state index contributed by atoms with van der Waals surface area (Å²) in [6.45, 7) is 5.18. The molecule has 1 fully saturated rings. The van der Waals surface area contributed by atoms with Gasteiger partial charge in [0.2, 0.25) is 0 Å². The van der Waals surface area contributed by atoms with E-state index in [-0.39, 0.29) is 5.41 Å². The third kappa shape index (κ3) is 3.58. The van der Waals surface area contributed by atoms with E-state index in [1.807, 2.05) is 0 Å². The summed E-state index contributed by atoms with van der Waals surface area (Å²) in [5, 5.41) is 0. The van der Waals surface area contributed by atoms with Gasteiger partial charge in [0.15, 0.2) is 0 Å². The third-order valence-corrected chi connectivity index (χ3v) is 3.60. The molecule has 84 valence electrons. The highest BCUT2D eigenvalue weighted by molar-refractivity contribution is 4.82. The smallest absolute Gasteiger partial charge is 0.00727 e. The molecule has 14 heavy (non-hydrogen) atoms. The number of hydrogen-bond acceptors (Lipinski definition) is 2. The Morgan fingerprint density at radius 3 is 2.29 bits per heavy atom. The first-order valence-corrected chi connectivity index (χ1v) is 6.01. The second-order valence-electron chi connectivity index (χ2n) is 5.63. The van der Waals surface area contributed by atoms with Crippen LogP contribution in [0.3, 0.4) is 0 Å². The minimum atomic E-state index is 0.219. The first kappa shape index (κ1) is 12.0. The van der Waals surface area contributed by atoms with Crippen LogP contribution in [0.5, 0.6) is 0 Å². The van der Waals surface area contributed by atoms with Gasteiger partial charge in [0.25, 0.3) is 0 Å². The van der Waals surface area contributed by atoms with E-state index in [0.717, 1.165) is 18.9 Å². The van der Waals surface area contributed by atoms with Crippen molar-refractivity contribution < 1.29 is 0 Å². The van der Waals surface area contributed by atoms with E-state index >= 15 is 0 Å². The van der Waals surface area contributed by atoms with Gasteiger partial charge in [-0.1, -0.05) is 33.1 Å². The van der Waals surface area contributed by atoms with Gasteiger partial charge in [0, 0.05) is 6.04 Å². The maximum atomic E-state index is 6.25. The molecule has 1 unspecified atom stereocenters. The van der Waals surface area contributed by atoms with Gasteiger partial charge in [-0.25, -0.2) is 0 Å². The first-order valence-electron chi connectivity index (χ1n) is 6.01. The fourth-order valence-electron chi connectivity index (χ4n) is 2.45. The molecule has 0 amide bonds. The van der Waals surface area contributed by atoms with Gasteiger partial charge in [0.1, 0.15) is 0 Å². The van der Waals surface area contributed by atoms with Crippen LogP contribution >= 0.6 is 0 Å². The molecule has 1 aliphatic carbocycles. The average Bonchev–Trinajstić information content (AvgIpc) is 2.19. The van der Waals surface area contributed by atoms with Gasteiger partial charge < -0.3 is 11.5 Å². The van der Waals surface area contributed by atoms with E-state index in [0.29, 0.717) is 6.04 Å². The molecule has 0 radical (unpaired) electrons. The minimum absolute atomic E-state index is 0.219. The normalized spacial score (nSPS) is 22.3.